The van der Waals surface area contributed by atoms with Crippen molar-refractivity contribution in [3.05, 3.63) is 48.2 Å². The summed E-state index contributed by atoms with van der Waals surface area (Å²) in [6.45, 7) is 1.93. The average molecular weight is 170 g/mol. The Morgan fingerprint density at radius 2 is 1.62 bits per heavy atom. The number of nitrogens with zero attached hydrogens (tertiary/aromatic N) is 2. The fourth-order valence-corrected chi connectivity index (χ4v) is 1.16. The van der Waals surface area contributed by atoms with Crippen molar-refractivity contribution in [3.63, 3.8) is 0 Å². The maximum atomic E-state index is 4.10. The predicted molar refractivity (Wildman–Crippen MR) is 52.2 cm³/mol. The van der Waals surface area contributed by atoms with Gasteiger partial charge in [0.05, 0.1) is 11.4 Å². The summed E-state index contributed by atoms with van der Waals surface area (Å²) in [5.74, 6) is 0. The Morgan fingerprint density at radius 3 is 2.23 bits per heavy atom. The number of aromatic nitrogens is 2. The van der Waals surface area contributed by atoms with E-state index in [4.69, 9.17) is 0 Å². The van der Waals surface area contributed by atoms with Gasteiger partial charge >= 0.3 is 0 Å². The van der Waals surface area contributed by atoms with Crippen LogP contribution < -0.4 is 0 Å². The predicted octanol–water partition coefficient (Wildman–Crippen LogP) is 2.45. The van der Waals surface area contributed by atoms with Crippen LogP contribution in [-0.2, 0) is 0 Å². The lowest BCUT2D eigenvalue weighted by Gasteiger charge is -1.98. The van der Waals surface area contributed by atoms with E-state index in [1.165, 1.54) is 0 Å². The Balaban J connectivity index is 2.42. The highest BCUT2D eigenvalue weighted by Crippen LogP contribution is 2.14. The van der Waals surface area contributed by atoms with Crippen molar-refractivity contribution in [2.75, 3.05) is 0 Å². The molecular formula is C11H10N2. The van der Waals surface area contributed by atoms with Crippen LogP contribution in [0.1, 0.15) is 5.69 Å². The largest absolute Gasteiger partial charge is 0.155 e. The quantitative estimate of drug-likeness (QED) is 0.657. The van der Waals surface area contributed by atoms with E-state index < -0.39 is 0 Å². The Bertz CT molecular complexity index is 379. The summed E-state index contributed by atoms with van der Waals surface area (Å²) in [4.78, 5) is 0. The molecule has 1 heterocycles. The van der Waals surface area contributed by atoms with Crippen LogP contribution in [0.25, 0.3) is 11.3 Å². The van der Waals surface area contributed by atoms with Crippen LogP contribution in [0.5, 0.6) is 0 Å². The molecule has 0 aliphatic heterocycles. The van der Waals surface area contributed by atoms with Gasteiger partial charge in [0.15, 0.2) is 0 Å². The highest BCUT2D eigenvalue weighted by atomic mass is 15.1. The summed E-state index contributed by atoms with van der Waals surface area (Å²) in [5.41, 5.74) is 2.97. The molecule has 1 aromatic carbocycles. The third-order valence-electron chi connectivity index (χ3n) is 1.87. The van der Waals surface area contributed by atoms with Crippen LogP contribution in [0.4, 0.5) is 0 Å². The zero-order chi connectivity index (χ0) is 9.10. The molecular weight excluding hydrogens is 160 g/mol. The minimum Gasteiger partial charge on any atom is -0.155 e. The fraction of sp³-hybridized carbons (Fsp3) is 0.0909. The first-order valence-corrected chi connectivity index (χ1v) is 4.22. The lowest BCUT2D eigenvalue weighted by Crippen LogP contribution is -1.88. The molecule has 1 aromatic heterocycles. The van der Waals surface area contributed by atoms with Gasteiger partial charge in [-0.05, 0) is 19.1 Å². The Hall–Kier alpha value is -1.70. The van der Waals surface area contributed by atoms with E-state index in [2.05, 4.69) is 10.2 Å². The third-order valence-corrected chi connectivity index (χ3v) is 1.87. The zero-order valence-corrected chi connectivity index (χ0v) is 7.44. The summed E-state index contributed by atoms with van der Waals surface area (Å²) in [5, 5.41) is 8.10. The number of hydrogen-bond donors (Lipinski definition) is 0. The summed E-state index contributed by atoms with van der Waals surface area (Å²) in [7, 11) is 0. The van der Waals surface area contributed by atoms with Crippen molar-refractivity contribution in [2.45, 2.75) is 6.92 Å². The van der Waals surface area contributed by atoms with Crippen molar-refractivity contribution < 1.29 is 0 Å². The topological polar surface area (TPSA) is 25.8 Å². The monoisotopic (exact) mass is 170 g/mol. The average Bonchev–Trinajstić information content (AvgIpc) is 2.20. The van der Waals surface area contributed by atoms with Crippen LogP contribution in [0.15, 0.2) is 42.5 Å². The number of benzene rings is 1. The lowest BCUT2D eigenvalue weighted by atomic mass is 10.1. The van der Waals surface area contributed by atoms with Crippen molar-refractivity contribution in [3.8, 4) is 11.3 Å². The molecule has 2 nitrogen and oxygen atoms in total. The number of rotatable bonds is 1. The van der Waals surface area contributed by atoms with Crippen molar-refractivity contribution in [1.82, 2.24) is 10.2 Å². The molecule has 0 saturated heterocycles. The molecule has 64 valence electrons. The second kappa shape index (κ2) is 3.35. The van der Waals surface area contributed by atoms with Gasteiger partial charge in [-0.25, -0.2) is 0 Å². The Labute approximate surface area is 77.3 Å². The maximum absolute atomic E-state index is 4.10. The molecule has 0 radical (unpaired) electrons. The molecule has 0 amide bonds. The first-order chi connectivity index (χ1) is 6.36. The molecule has 0 unspecified atom stereocenters. The van der Waals surface area contributed by atoms with Gasteiger partial charge < -0.3 is 0 Å². The van der Waals surface area contributed by atoms with Gasteiger partial charge in [-0.2, -0.15) is 10.2 Å². The van der Waals surface area contributed by atoms with E-state index in [9.17, 15) is 0 Å². The molecule has 2 heteroatoms. The van der Waals surface area contributed by atoms with E-state index in [1.54, 1.807) is 0 Å². The van der Waals surface area contributed by atoms with Gasteiger partial charge in [-0.1, -0.05) is 30.3 Å². The molecule has 2 rings (SSSR count). The molecule has 0 aliphatic carbocycles. The first-order valence-electron chi connectivity index (χ1n) is 4.22. The summed E-state index contributed by atoms with van der Waals surface area (Å²) in [6.07, 6.45) is 0. The second-order valence-electron chi connectivity index (χ2n) is 2.93. The molecule has 0 spiro atoms. The smallest absolute Gasteiger partial charge is 0.0929 e. The molecule has 0 atom stereocenters. The standard InChI is InChI=1S/C11H10N2/c1-9-7-8-11(13-12-9)10-5-3-2-4-6-10/h2-8H,1H3. The van der Waals surface area contributed by atoms with E-state index in [0.717, 1.165) is 17.0 Å². The zero-order valence-electron chi connectivity index (χ0n) is 7.44. The third kappa shape index (κ3) is 1.72. The van der Waals surface area contributed by atoms with Gasteiger partial charge in [-0.15, -0.1) is 0 Å². The molecule has 0 aliphatic rings. The van der Waals surface area contributed by atoms with Crippen LogP contribution in [-0.4, -0.2) is 10.2 Å². The minimum atomic E-state index is 0.922. The Kier molecular flexibility index (Phi) is 2.04. The van der Waals surface area contributed by atoms with E-state index >= 15 is 0 Å². The van der Waals surface area contributed by atoms with Gasteiger partial charge in [-0.3, -0.25) is 0 Å². The second-order valence-corrected chi connectivity index (χ2v) is 2.93. The summed E-state index contributed by atoms with van der Waals surface area (Å²) in [6, 6.07) is 14.0. The molecule has 0 saturated carbocycles. The van der Waals surface area contributed by atoms with Crippen molar-refractivity contribution in [2.24, 2.45) is 0 Å². The van der Waals surface area contributed by atoms with Gasteiger partial charge in [0.1, 0.15) is 0 Å². The Morgan fingerprint density at radius 1 is 0.846 bits per heavy atom. The van der Waals surface area contributed by atoms with E-state index in [0.29, 0.717) is 0 Å². The molecule has 0 N–H and O–H groups in total. The minimum absolute atomic E-state index is 0.922. The van der Waals surface area contributed by atoms with E-state index in [1.807, 2.05) is 49.4 Å². The number of aryl methyl sites for hydroxylation is 1. The van der Waals surface area contributed by atoms with Crippen LogP contribution in [0.2, 0.25) is 0 Å². The molecule has 2 aromatic rings. The summed E-state index contributed by atoms with van der Waals surface area (Å²) >= 11 is 0. The first kappa shape index (κ1) is 7.92. The summed E-state index contributed by atoms with van der Waals surface area (Å²) < 4.78 is 0. The highest BCUT2D eigenvalue weighted by molar-refractivity contribution is 5.57. The van der Waals surface area contributed by atoms with Gasteiger partial charge in [0.25, 0.3) is 0 Å². The van der Waals surface area contributed by atoms with Gasteiger partial charge in [0.2, 0.25) is 0 Å². The van der Waals surface area contributed by atoms with Crippen molar-refractivity contribution >= 4 is 0 Å². The fourth-order valence-electron chi connectivity index (χ4n) is 1.16. The maximum Gasteiger partial charge on any atom is 0.0929 e. The van der Waals surface area contributed by atoms with Crippen LogP contribution in [0.3, 0.4) is 0 Å². The molecule has 0 bridgehead atoms. The van der Waals surface area contributed by atoms with E-state index in [-0.39, 0.29) is 0 Å². The highest BCUT2D eigenvalue weighted by Gasteiger charge is 1.96. The normalized spacial score (nSPS) is 9.92. The molecule has 0 fully saturated rings. The lowest BCUT2D eigenvalue weighted by molar-refractivity contribution is 0.987. The molecule has 13 heavy (non-hydrogen) atoms. The van der Waals surface area contributed by atoms with Crippen LogP contribution >= 0.6 is 0 Å². The van der Waals surface area contributed by atoms with Crippen LogP contribution in [0, 0.1) is 6.92 Å². The SMILES string of the molecule is Cc1ccc(-c2ccccc2)nn1. The number of hydrogen-bond acceptors (Lipinski definition) is 2. The van der Waals surface area contributed by atoms with Gasteiger partial charge in [0, 0.05) is 5.56 Å². The van der Waals surface area contributed by atoms with Crippen molar-refractivity contribution in [1.29, 1.82) is 0 Å².